The monoisotopic (exact) mass is 321 g/mol. The molecule has 0 fully saturated rings. The van der Waals surface area contributed by atoms with E-state index in [9.17, 15) is 19.2 Å². The lowest BCUT2D eigenvalue weighted by Gasteiger charge is -2.36. The van der Waals surface area contributed by atoms with E-state index >= 15 is 0 Å². The van der Waals surface area contributed by atoms with Crippen LogP contribution in [0.1, 0.15) is 32.1 Å². The molecule has 126 valence electrons. The van der Waals surface area contributed by atoms with Crippen molar-refractivity contribution in [3.05, 3.63) is 0 Å². The normalized spacial score (nSPS) is 11.8. The first-order valence-electron chi connectivity index (χ1n) is 6.04. The van der Waals surface area contributed by atoms with Gasteiger partial charge in [0.1, 0.15) is 0 Å². The fraction of sp³-hybridized carbons (Fsp3) is 0.636. The van der Waals surface area contributed by atoms with E-state index in [2.05, 4.69) is 10.7 Å². The average Bonchev–Trinajstić information content (AvgIpc) is 2.22. The molecule has 0 heterocycles. The number of hydrogen-bond acceptors (Lipinski definition) is 8. The molecule has 0 rings (SSSR count). The Labute approximate surface area is 125 Å². The summed E-state index contributed by atoms with van der Waals surface area (Å²) in [7, 11) is 0. The van der Waals surface area contributed by atoms with E-state index < -0.39 is 67.1 Å². The highest BCUT2D eigenvalue weighted by Gasteiger charge is 2.43. The van der Waals surface area contributed by atoms with Crippen molar-refractivity contribution in [2.45, 2.75) is 37.8 Å². The van der Waals surface area contributed by atoms with Gasteiger partial charge in [0.15, 0.2) is 0 Å². The SMILES string of the molecule is NOC(=O)CC(CC(=O)O)(CC(=O)O)CC(N)(N)CC(=O)O. The van der Waals surface area contributed by atoms with Crippen molar-refractivity contribution in [2.75, 3.05) is 0 Å². The van der Waals surface area contributed by atoms with Gasteiger partial charge in [-0.2, -0.15) is 5.90 Å². The van der Waals surface area contributed by atoms with Gasteiger partial charge in [0.25, 0.3) is 0 Å². The minimum absolute atomic E-state index is 0.542. The Morgan fingerprint density at radius 3 is 1.55 bits per heavy atom. The maximum Gasteiger partial charge on any atom is 0.325 e. The number of carbonyl (C=O) groups is 4. The Morgan fingerprint density at radius 2 is 1.23 bits per heavy atom. The number of aliphatic carboxylic acids is 3. The third kappa shape index (κ3) is 7.52. The molecule has 0 saturated carbocycles. The van der Waals surface area contributed by atoms with Crippen LogP contribution in [0.5, 0.6) is 0 Å². The minimum atomic E-state index is -1.91. The van der Waals surface area contributed by atoms with Crippen molar-refractivity contribution in [1.29, 1.82) is 0 Å². The van der Waals surface area contributed by atoms with E-state index in [4.69, 9.17) is 26.8 Å². The number of hydrogen-bond donors (Lipinski definition) is 6. The van der Waals surface area contributed by atoms with Crippen LogP contribution >= 0.6 is 0 Å². The predicted molar refractivity (Wildman–Crippen MR) is 69.8 cm³/mol. The summed E-state index contributed by atoms with van der Waals surface area (Å²) in [6.07, 6.45) is -3.52. The van der Waals surface area contributed by atoms with Crippen LogP contribution in [0.2, 0.25) is 0 Å². The van der Waals surface area contributed by atoms with Crippen LogP contribution < -0.4 is 17.4 Å². The van der Waals surface area contributed by atoms with E-state index in [1.54, 1.807) is 0 Å². The van der Waals surface area contributed by atoms with Gasteiger partial charge in [-0.1, -0.05) is 0 Å². The number of carboxylic acid groups (broad SMARTS) is 3. The van der Waals surface area contributed by atoms with Crippen molar-refractivity contribution in [3.8, 4) is 0 Å². The van der Waals surface area contributed by atoms with E-state index in [-0.39, 0.29) is 0 Å². The molecule has 0 aliphatic rings. The zero-order valence-corrected chi connectivity index (χ0v) is 11.7. The molecule has 0 spiro atoms. The van der Waals surface area contributed by atoms with E-state index in [0.717, 1.165) is 0 Å². The van der Waals surface area contributed by atoms with Gasteiger partial charge in [0, 0.05) is 5.41 Å². The van der Waals surface area contributed by atoms with E-state index in [1.807, 2.05) is 0 Å². The zero-order valence-electron chi connectivity index (χ0n) is 11.7. The van der Waals surface area contributed by atoms with Crippen LogP contribution in [-0.2, 0) is 24.0 Å². The molecule has 0 unspecified atom stereocenters. The fourth-order valence-electron chi connectivity index (χ4n) is 2.41. The molecular weight excluding hydrogens is 302 g/mol. The maximum atomic E-state index is 11.4. The fourth-order valence-corrected chi connectivity index (χ4v) is 2.41. The van der Waals surface area contributed by atoms with Crippen molar-refractivity contribution in [1.82, 2.24) is 0 Å². The maximum absolute atomic E-state index is 11.4. The Balaban J connectivity index is 5.57. The van der Waals surface area contributed by atoms with Gasteiger partial charge in [-0.05, 0) is 6.42 Å². The lowest BCUT2D eigenvalue weighted by atomic mass is 9.71. The van der Waals surface area contributed by atoms with Gasteiger partial charge >= 0.3 is 23.9 Å². The van der Waals surface area contributed by atoms with Crippen molar-refractivity contribution < 1.29 is 39.3 Å². The summed E-state index contributed by atoms with van der Waals surface area (Å²) in [6.45, 7) is 0. The van der Waals surface area contributed by atoms with Gasteiger partial charge < -0.3 is 31.6 Å². The molecule has 11 heteroatoms. The Morgan fingerprint density at radius 1 is 0.818 bits per heavy atom. The molecule has 0 aliphatic carbocycles. The Bertz CT molecular complexity index is 446. The molecule has 0 aromatic carbocycles. The highest BCUT2D eigenvalue weighted by molar-refractivity contribution is 5.76. The molecule has 0 amide bonds. The summed E-state index contributed by atoms with van der Waals surface area (Å²) < 4.78 is 0. The summed E-state index contributed by atoms with van der Waals surface area (Å²) >= 11 is 0. The third-order valence-electron chi connectivity index (χ3n) is 2.89. The number of nitrogens with two attached hydrogens (primary N) is 3. The summed E-state index contributed by atoms with van der Waals surface area (Å²) in [4.78, 5) is 48.0. The van der Waals surface area contributed by atoms with Crippen molar-refractivity contribution >= 4 is 23.9 Å². The van der Waals surface area contributed by atoms with Gasteiger partial charge in [0.05, 0.1) is 31.3 Å². The summed E-state index contributed by atoms with van der Waals surface area (Å²) in [5.41, 5.74) is 7.56. The second kappa shape index (κ2) is 7.68. The largest absolute Gasteiger partial charge is 0.481 e. The Hall–Kier alpha value is -2.24. The van der Waals surface area contributed by atoms with Crippen molar-refractivity contribution in [3.63, 3.8) is 0 Å². The summed E-state index contributed by atoms with van der Waals surface area (Å²) in [5.74, 6) is -0.543. The third-order valence-corrected chi connectivity index (χ3v) is 2.89. The summed E-state index contributed by atoms with van der Waals surface area (Å²) in [5, 5.41) is 26.6. The molecular formula is C11H19N3O8. The van der Waals surface area contributed by atoms with Gasteiger partial charge in [-0.15, -0.1) is 0 Å². The smallest absolute Gasteiger partial charge is 0.325 e. The van der Waals surface area contributed by atoms with Gasteiger partial charge in [-0.3, -0.25) is 19.2 Å². The first-order chi connectivity index (χ1) is 9.91. The Kier molecular flexibility index (Phi) is 6.90. The molecule has 9 N–H and O–H groups in total. The first-order valence-corrected chi connectivity index (χ1v) is 6.04. The number of carboxylic acids is 3. The molecule has 0 aromatic rings. The topological polar surface area (TPSA) is 216 Å². The standard InChI is InChI=1S/C11H19N3O8/c12-11(13,3-8(19)20)5-10(1-6(15)16,2-7(17)18)4-9(21)22-14/h1-5,12-14H2,(H,15,16)(H,17,18)(H,19,20). The minimum Gasteiger partial charge on any atom is -0.481 e. The molecule has 22 heavy (non-hydrogen) atoms. The van der Waals surface area contributed by atoms with Crippen LogP contribution in [0.3, 0.4) is 0 Å². The highest BCUT2D eigenvalue weighted by atomic mass is 16.7. The van der Waals surface area contributed by atoms with E-state index in [1.165, 1.54) is 0 Å². The quantitative estimate of drug-likeness (QED) is 0.195. The van der Waals surface area contributed by atoms with Crippen LogP contribution in [0.15, 0.2) is 0 Å². The molecule has 0 radical (unpaired) electrons. The van der Waals surface area contributed by atoms with Crippen LogP contribution in [0, 0.1) is 5.41 Å². The summed E-state index contributed by atoms with van der Waals surface area (Å²) in [6, 6.07) is 0. The second-order valence-corrected chi connectivity index (χ2v) is 5.29. The highest BCUT2D eigenvalue weighted by Crippen LogP contribution is 2.38. The van der Waals surface area contributed by atoms with E-state index in [0.29, 0.717) is 0 Å². The number of carbonyl (C=O) groups excluding carboxylic acids is 1. The van der Waals surface area contributed by atoms with Crippen LogP contribution in [-0.4, -0.2) is 44.9 Å². The van der Waals surface area contributed by atoms with Gasteiger partial charge in [0.2, 0.25) is 0 Å². The molecule has 0 atom stereocenters. The van der Waals surface area contributed by atoms with Crippen LogP contribution in [0.4, 0.5) is 0 Å². The lowest BCUT2D eigenvalue weighted by molar-refractivity contribution is -0.152. The molecule has 0 saturated heterocycles. The predicted octanol–water partition coefficient (Wildman–Crippen LogP) is -1.79. The zero-order chi connectivity index (χ0) is 17.6. The molecule has 11 nitrogen and oxygen atoms in total. The molecule has 0 bridgehead atoms. The molecule has 0 aromatic heterocycles. The first kappa shape index (κ1) is 19.8. The van der Waals surface area contributed by atoms with Crippen LogP contribution in [0.25, 0.3) is 0 Å². The number of rotatable bonds is 10. The van der Waals surface area contributed by atoms with Gasteiger partial charge in [-0.25, -0.2) is 0 Å². The molecule has 0 aliphatic heterocycles. The van der Waals surface area contributed by atoms with Crippen molar-refractivity contribution in [2.24, 2.45) is 22.8 Å². The average molecular weight is 321 g/mol. The second-order valence-electron chi connectivity index (χ2n) is 5.29. The lowest BCUT2D eigenvalue weighted by Crippen LogP contribution is -2.55.